The van der Waals surface area contributed by atoms with Crippen LogP contribution in [0.5, 0.6) is 0 Å². The number of aromatic nitrogens is 1. The van der Waals surface area contributed by atoms with Gasteiger partial charge in [-0.15, -0.1) is 0 Å². The van der Waals surface area contributed by atoms with Crippen molar-refractivity contribution in [1.29, 1.82) is 0 Å². The van der Waals surface area contributed by atoms with Gasteiger partial charge in [-0.05, 0) is 22.0 Å². The van der Waals surface area contributed by atoms with Gasteiger partial charge >= 0.3 is 0 Å². The summed E-state index contributed by atoms with van der Waals surface area (Å²) in [7, 11) is 0. The van der Waals surface area contributed by atoms with Crippen LogP contribution in [0, 0.1) is 0 Å². The molecule has 8 heteroatoms. The zero-order valence-corrected chi connectivity index (χ0v) is 11.5. The molecule has 18 heavy (non-hydrogen) atoms. The molecule has 0 fully saturated rings. The summed E-state index contributed by atoms with van der Waals surface area (Å²) in [6.45, 7) is -0.748. The van der Waals surface area contributed by atoms with Gasteiger partial charge in [0.2, 0.25) is 5.91 Å². The highest BCUT2D eigenvalue weighted by atomic mass is 79.9. The first kappa shape index (κ1) is 15.3. The second-order valence-electron chi connectivity index (χ2n) is 3.26. The first-order chi connectivity index (χ1) is 8.49. The number of amides is 1. The lowest BCUT2D eigenvalue weighted by Gasteiger charge is -2.07. The number of nitrogens with one attached hydrogen (secondary N) is 1. The quantitative estimate of drug-likeness (QED) is 0.638. The van der Waals surface area contributed by atoms with Crippen LogP contribution in [0.2, 0.25) is 5.15 Å². The maximum Gasteiger partial charge on any atom is 0.261 e. The predicted octanol–water partition coefficient (Wildman–Crippen LogP) is 3.11. The van der Waals surface area contributed by atoms with Crippen LogP contribution < -0.4 is 5.32 Å². The number of ether oxygens (including phenoxy) is 1. The predicted molar refractivity (Wildman–Crippen MR) is 67.0 cm³/mol. The van der Waals surface area contributed by atoms with E-state index in [1.807, 2.05) is 0 Å². The summed E-state index contributed by atoms with van der Waals surface area (Å²) in [5.41, 5.74) is 0.352. The third-order valence-corrected chi connectivity index (χ3v) is 2.53. The molecule has 0 aliphatic heterocycles. The molecule has 0 radical (unpaired) electrons. The van der Waals surface area contributed by atoms with Crippen molar-refractivity contribution in [2.75, 3.05) is 18.5 Å². The Morgan fingerprint density at radius 2 is 2.33 bits per heavy atom. The van der Waals surface area contributed by atoms with Crippen LogP contribution in [0.1, 0.15) is 6.42 Å². The smallest absolute Gasteiger partial charge is 0.261 e. The van der Waals surface area contributed by atoms with Crippen LogP contribution >= 0.6 is 27.5 Å². The minimum absolute atomic E-state index is 0.0322. The van der Waals surface area contributed by atoms with Crippen LogP contribution in [0.3, 0.4) is 0 Å². The van der Waals surface area contributed by atoms with Gasteiger partial charge in [0.25, 0.3) is 6.43 Å². The molecule has 100 valence electrons. The SMILES string of the molecule is O=C(CCOCC(F)F)Nc1cc(Br)cnc1Cl. The van der Waals surface area contributed by atoms with E-state index in [1.54, 1.807) is 6.07 Å². The molecule has 1 aromatic heterocycles. The van der Waals surface area contributed by atoms with E-state index in [4.69, 9.17) is 11.6 Å². The molecule has 1 N–H and O–H groups in total. The molecule has 0 unspecified atom stereocenters. The third kappa shape index (κ3) is 5.70. The van der Waals surface area contributed by atoms with E-state index in [2.05, 4.69) is 31.0 Å². The summed E-state index contributed by atoms with van der Waals surface area (Å²) in [5.74, 6) is -0.383. The van der Waals surface area contributed by atoms with Gasteiger partial charge in [-0.2, -0.15) is 0 Å². The Morgan fingerprint density at radius 1 is 1.61 bits per heavy atom. The van der Waals surface area contributed by atoms with Crippen LogP contribution in [0.4, 0.5) is 14.5 Å². The van der Waals surface area contributed by atoms with Gasteiger partial charge in [-0.1, -0.05) is 11.6 Å². The van der Waals surface area contributed by atoms with Gasteiger partial charge in [0.1, 0.15) is 6.61 Å². The molecule has 0 spiro atoms. The number of hydrogen-bond acceptors (Lipinski definition) is 3. The van der Waals surface area contributed by atoms with Crippen molar-refractivity contribution in [2.45, 2.75) is 12.8 Å². The van der Waals surface area contributed by atoms with Crippen LogP contribution in [0.25, 0.3) is 0 Å². The fourth-order valence-electron chi connectivity index (χ4n) is 1.06. The highest BCUT2D eigenvalue weighted by Crippen LogP contribution is 2.22. The second-order valence-corrected chi connectivity index (χ2v) is 4.53. The molecular formula is C10H10BrClF2N2O2. The summed E-state index contributed by atoms with van der Waals surface area (Å²) in [6, 6.07) is 1.59. The zero-order valence-electron chi connectivity index (χ0n) is 9.13. The first-order valence-corrected chi connectivity index (χ1v) is 6.13. The first-order valence-electron chi connectivity index (χ1n) is 4.96. The van der Waals surface area contributed by atoms with Crippen molar-refractivity contribution in [3.8, 4) is 0 Å². The number of rotatable bonds is 6. The number of carbonyl (C=O) groups excluding carboxylic acids is 1. The fraction of sp³-hybridized carbons (Fsp3) is 0.400. The highest BCUT2D eigenvalue weighted by molar-refractivity contribution is 9.10. The molecule has 0 saturated heterocycles. The summed E-state index contributed by atoms with van der Waals surface area (Å²) in [4.78, 5) is 15.3. The number of hydrogen-bond donors (Lipinski definition) is 1. The minimum Gasteiger partial charge on any atom is -0.375 e. The molecule has 0 aliphatic rings. The maximum absolute atomic E-state index is 11.7. The van der Waals surface area contributed by atoms with Crippen molar-refractivity contribution in [3.05, 3.63) is 21.9 Å². The molecule has 0 bridgehead atoms. The maximum atomic E-state index is 11.7. The zero-order chi connectivity index (χ0) is 13.5. The Bertz CT molecular complexity index is 421. The normalized spacial score (nSPS) is 10.7. The van der Waals surface area contributed by atoms with E-state index >= 15 is 0 Å². The van der Waals surface area contributed by atoms with Gasteiger partial charge < -0.3 is 10.1 Å². The van der Waals surface area contributed by atoms with Gasteiger partial charge in [0.05, 0.1) is 18.7 Å². The Hall–Kier alpha value is -0.790. The van der Waals surface area contributed by atoms with Gasteiger partial charge in [-0.25, -0.2) is 13.8 Å². The highest BCUT2D eigenvalue weighted by Gasteiger charge is 2.08. The number of carbonyl (C=O) groups is 1. The summed E-state index contributed by atoms with van der Waals surface area (Å²) in [6.07, 6.45) is -1.07. The molecular weight excluding hydrogens is 333 g/mol. The molecule has 0 aliphatic carbocycles. The summed E-state index contributed by atoms with van der Waals surface area (Å²) >= 11 is 8.95. The molecule has 1 aromatic rings. The average Bonchev–Trinajstić information content (AvgIpc) is 2.29. The van der Waals surface area contributed by atoms with Crippen LogP contribution in [-0.4, -0.2) is 30.5 Å². The standard InChI is InChI=1S/C10H10BrClF2N2O2/c11-6-3-7(10(12)15-4-6)16-9(17)1-2-18-5-8(13)14/h3-4,8H,1-2,5H2,(H,16,17). The second kappa shape index (κ2) is 7.60. The summed E-state index contributed by atoms with van der Waals surface area (Å²) < 4.78 is 28.7. The third-order valence-electron chi connectivity index (χ3n) is 1.80. The summed E-state index contributed by atoms with van der Waals surface area (Å²) in [5, 5.41) is 2.66. The fourth-order valence-corrected chi connectivity index (χ4v) is 1.54. The van der Waals surface area contributed by atoms with Crippen LogP contribution in [-0.2, 0) is 9.53 Å². The van der Waals surface area contributed by atoms with E-state index in [1.165, 1.54) is 6.20 Å². The Kier molecular flexibility index (Phi) is 6.45. The Morgan fingerprint density at radius 3 is 3.00 bits per heavy atom. The molecule has 4 nitrogen and oxygen atoms in total. The minimum atomic E-state index is -2.53. The lowest BCUT2D eigenvalue weighted by atomic mass is 10.3. The number of alkyl halides is 2. The van der Waals surface area contributed by atoms with E-state index in [0.717, 1.165) is 0 Å². The largest absolute Gasteiger partial charge is 0.375 e. The lowest BCUT2D eigenvalue weighted by molar-refractivity contribution is -0.117. The van der Waals surface area contributed by atoms with Crippen molar-refractivity contribution >= 4 is 39.1 Å². The molecule has 1 rings (SSSR count). The monoisotopic (exact) mass is 342 g/mol. The van der Waals surface area contributed by atoms with E-state index < -0.39 is 13.0 Å². The van der Waals surface area contributed by atoms with E-state index in [9.17, 15) is 13.6 Å². The van der Waals surface area contributed by atoms with Gasteiger partial charge in [0.15, 0.2) is 5.15 Å². The topological polar surface area (TPSA) is 51.2 Å². The molecule has 1 amide bonds. The van der Waals surface area contributed by atoms with E-state index in [0.29, 0.717) is 10.2 Å². The Balaban J connectivity index is 2.38. The van der Waals surface area contributed by atoms with Crippen LogP contribution in [0.15, 0.2) is 16.7 Å². The molecule has 0 saturated carbocycles. The van der Waals surface area contributed by atoms with Crippen molar-refractivity contribution in [2.24, 2.45) is 0 Å². The van der Waals surface area contributed by atoms with E-state index in [-0.39, 0.29) is 24.1 Å². The van der Waals surface area contributed by atoms with Crippen molar-refractivity contribution in [1.82, 2.24) is 4.98 Å². The van der Waals surface area contributed by atoms with Gasteiger partial charge in [0, 0.05) is 10.7 Å². The number of pyridine rings is 1. The number of halogens is 4. The molecule has 0 atom stereocenters. The average molecular weight is 344 g/mol. The van der Waals surface area contributed by atoms with Crippen molar-refractivity contribution in [3.63, 3.8) is 0 Å². The number of anilines is 1. The lowest BCUT2D eigenvalue weighted by Crippen LogP contribution is -2.16. The van der Waals surface area contributed by atoms with Crippen molar-refractivity contribution < 1.29 is 18.3 Å². The van der Waals surface area contributed by atoms with Gasteiger partial charge in [-0.3, -0.25) is 4.79 Å². The molecule has 0 aromatic carbocycles. The Labute approximate surface area is 116 Å². The molecule has 1 heterocycles. The number of nitrogens with zero attached hydrogens (tertiary/aromatic N) is 1.